The van der Waals surface area contributed by atoms with Gasteiger partial charge in [0.05, 0.1) is 0 Å². The third kappa shape index (κ3) is 1.40. The Morgan fingerprint density at radius 2 is 1.94 bits per heavy atom. The molecule has 2 aromatic rings. The first-order valence-electron chi connectivity index (χ1n) is 6.14. The maximum atomic E-state index is 7.71. The third-order valence-electron chi connectivity index (χ3n) is 3.72. The molecule has 0 saturated heterocycles. The average Bonchev–Trinajstić information content (AvgIpc) is 2.62. The number of nitrogens with one attached hydrogen (secondary N) is 1. The van der Waals surface area contributed by atoms with Gasteiger partial charge in [-0.25, -0.2) is 0 Å². The molecule has 1 heterocycles. The first-order valence-corrected chi connectivity index (χ1v) is 6.14. The number of hydrogen-bond acceptors (Lipinski definition) is 1. The average molecular weight is 239 g/mol. The van der Waals surface area contributed by atoms with Crippen LogP contribution in [0.25, 0.3) is 10.8 Å². The molecule has 0 radical (unpaired) electrons. The predicted molar refractivity (Wildman–Crippen MR) is 76.2 cm³/mol. The number of fused-ring (bicyclic) bond motifs is 3. The summed E-state index contributed by atoms with van der Waals surface area (Å²) in [6.07, 6.45) is 0. The van der Waals surface area contributed by atoms with Crippen LogP contribution in [0.2, 0.25) is 0 Å². The summed E-state index contributed by atoms with van der Waals surface area (Å²) in [5, 5.41) is 10.2. The molecule has 1 aliphatic rings. The van der Waals surface area contributed by atoms with Crippen molar-refractivity contribution >= 4 is 22.4 Å². The maximum Gasteiger partial charge on any atom is 0.192 e. The molecular weight excluding hydrogens is 222 g/mol. The van der Waals surface area contributed by atoms with Crippen molar-refractivity contribution in [2.75, 3.05) is 11.4 Å². The van der Waals surface area contributed by atoms with E-state index in [2.05, 4.69) is 50.2 Å². The van der Waals surface area contributed by atoms with E-state index in [1.54, 1.807) is 0 Å². The quantitative estimate of drug-likeness (QED) is 0.548. The Morgan fingerprint density at radius 3 is 2.67 bits per heavy atom. The summed E-state index contributed by atoms with van der Waals surface area (Å²) in [6.45, 7) is 5.19. The van der Waals surface area contributed by atoms with Crippen LogP contribution >= 0.6 is 0 Å². The van der Waals surface area contributed by atoms with Crippen molar-refractivity contribution in [1.82, 2.24) is 0 Å². The first-order chi connectivity index (χ1) is 8.50. The summed E-state index contributed by atoms with van der Waals surface area (Å²) < 4.78 is 0. The Kier molecular flexibility index (Phi) is 2.14. The van der Waals surface area contributed by atoms with Crippen molar-refractivity contribution in [3.63, 3.8) is 0 Å². The molecule has 0 aromatic heterocycles. The van der Waals surface area contributed by atoms with Gasteiger partial charge in [-0.2, -0.15) is 0 Å². The second-order valence-electron chi connectivity index (χ2n) is 5.54. The highest BCUT2D eigenvalue weighted by atomic mass is 15.3. The van der Waals surface area contributed by atoms with E-state index in [0.717, 1.165) is 12.2 Å². The van der Waals surface area contributed by atoms with E-state index < -0.39 is 0 Å². The fourth-order valence-corrected chi connectivity index (χ4v) is 2.97. The lowest BCUT2D eigenvalue weighted by atomic mass is 9.84. The molecule has 92 valence electrons. The molecule has 0 aliphatic carbocycles. The zero-order valence-electron chi connectivity index (χ0n) is 10.7. The molecule has 3 N–H and O–H groups in total. The molecule has 18 heavy (non-hydrogen) atoms. The van der Waals surface area contributed by atoms with E-state index in [-0.39, 0.29) is 11.4 Å². The molecule has 1 aliphatic heterocycles. The fourth-order valence-electron chi connectivity index (χ4n) is 2.97. The van der Waals surface area contributed by atoms with E-state index in [1.165, 1.54) is 16.3 Å². The van der Waals surface area contributed by atoms with Crippen LogP contribution in [0.3, 0.4) is 0 Å². The molecule has 0 amide bonds. The maximum absolute atomic E-state index is 7.71. The Balaban J connectivity index is 2.36. The highest BCUT2D eigenvalue weighted by molar-refractivity contribution is 6.01. The Labute approximate surface area is 107 Å². The fraction of sp³-hybridized carbons (Fsp3) is 0.267. The molecule has 2 aromatic carbocycles. The van der Waals surface area contributed by atoms with Crippen molar-refractivity contribution in [2.45, 2.75) is 19.3 Å². The Morgan fingerprint density at radius 1 is 1.22 bits per heavy atom. The van der Waals surface area contributed by atoms with Crippen LogP contribution in [0.1, 0.15) is 19.4 Å². The van der Waals surface area contributed by atoms with E-state index >= 15 is 0 Å². The third-order valence-corrected chi connectivity index (χ3v) is 3.72. The van der Waals surface area contributed by atoms with Crippen LogP contribution in [0.15, 0.2) is 36.4 Å². The molecule has 0 unspecified atom stereocenters. The van der Waals surface area contributed by atoms with Gasteiger partial charge < -0.3 is 10.6 Å². The van der Waals surface area contributed by atoms with Gasteiger partial charge in [-0.1, -0.05) is 44.2 Å². The molecular formula is C15H17N3. The second-order valence-corrected chi connectivity index (χ2v) is 5.54. The first kappa shape index (κ1) is 11.1. The monoisotopic (exact) mass is 239 g/mol. The number of nitrogens with zero attached hydrogens (tertiary/aromatic N) is 1. The molecule has 3 rings (SSSR count). The van der Waals surface area contributed by atoms with E-state index in [9.17, 15) is 0 Å². The van der Waals surface area contributed by atoms with Crippen molar-refractivity contribution in [2.24, 2.45) is 5.73 Å². The van der Waals surface area contributed by atoms with Crippen LogP contribution in [-0.4, -0.2) is 12.5 Å². The highest BCUT2D eigenvalue weighted by Gasteiger charge is 2.37. The van der Waals surface area contributed by atoms with E-state index in [4.69, 9.17) is 11.1 Å². The molecule has 0 atom stereocenters. The standard InChI is InChI=1S/C15H17N3/c1-15(2)9-18(14(16)17)12-8-7-10-5-3-4-6-11(10)13(12)15/h3-8H,9H2,1-2H3,(H3,16,17). The summed E-state index contributed by atoms with van der Waals surface area (Å²) in [5.74, 6) is 0.122. The lowest BCUT2D eigenvalue weighted by Gasteiger charge is -2.20. The lowest BCUT2D eigenvalue weighted by Crippen LogP contribution is -2.38. The summed E-state index contributed by atoms with van der Waals surface area (Å²) in [4.78, 5) is 1.89. The minimum absolute atomic E-state index is 0.0157. The van der Waals surface area contributed by atoms with Gasteiger partial charge in [-0.05, 0) is 22.4 Å². The highest BCUT2D eigenvalue weighted by Crippen LogP contribution is 2.44. The number of guanidine groups is 1. The molecule has 0 spiro atoms. The van der Waals surface area contributed by atoms with Crippen molar-refractivity contribution in [1.29, 1.82) is 5.41 Å². The largest absolute Gasteiger partial charge is 0.370 e. The number of benzene rings is 2. The Hall–Kier alpha value is -2.03. The van der Waals surface area contributed by atoms with Gasteiger partial charge in [0.1, 0.15) is 0 Å². The number of nitrogens with two attached hydrogens (primary N) is 1. The predicted octanol–water partition coefficient (Wildman–Crippen LogP) is 2.83. The molecule has 0 fully saturated rings. The normalized spacial score (nSPS) is 16.9. The van der Waals surface area contributed by atoms with Crippen molar-refractivity contribution in [3.05, 3.63) is 42.0 Å². The smallest absolute Gasteiger partial charge is 0.192 e. The van der Waals surface area contributed by atoms with E-state index in [0.29, 0.717) is 0 Å². The van der Waals surface area contributed by atoms with Gasteiger partial charge in [-0.15, -0.1) is 0 Å². The summed E-state index contributed by atoms with van der Waals surface area (Å²) in [5.41, 5.74) is 8.08. The second kappa shape index (κ2) is 3.48. The van der Waals surface area contributed by atoms with Gasteiger partial charge in [0.15, 0.2) is 5.96 Å². The molecule has 0 bridgehead atoms. The zero-order valence-corrected chi connectivity index (χ0v) is 10.7. The minimum Gasteiger partial charge on any atom is -0.370 e. The van der Waals surface area contributed by atoms with Crippen LogP contribution in [0.4, 0.5) is 5.69 Å². The zero-order chi connectivity index (χ0) is 12.9. The molecule has 3 heteroatoms. The van der Waals surface area contributed by atoms with E-state index in [1.807, 2.05) is 4.90 Å². The Bertz CT molecular complexity index is 643. The molecule has 3 nitrogen and oxygen atoms in total. The van der Waals surface area contributed by atoms with Gasteiger partial charge in [0, 0.05) is 17.6 Å². The van der Waals surface area contributed by atoms with Crippen LogP contribution in [0.5, 0.6) is 0 Å². The summed E-state index contributed by atoms with van der Waals surface area (Å²) >= 11 is 0. The minimum atomic E-state index is 0.0157. The van der Waals surface area contributed by atoms with Crippen molar-refractivity contribution < 1.29 is 0 Å². The van der Waals surface area contributed by atoms with Gasteiger partial charge in [0.25, 0.3) is 0 Å². The summed E-state index contributed by atoms with van der Waals surface area (Å²) in [7, 11) is 0. The van der Waals surface area contributed by atoms with Crippen LogP contribution in [-0.2, 0) is 5.41 Å². The van der Waals surface area contributed by atoms with Crippen LogP contribution < -0.4 is 10.6 Å². The van der Waals surface area contributed by atoms with Gasteiger partial charge in [0.2, 0.25) is 0 Å². The van der Waals surface area contributed by atoms with Gasteiger partial charge >= 0.3 is 0 Å². The topological polar surface area (TPSA) is 53.1 Å². The van der Waals surface area contributed by atoms with Crippen molar-refractivity contribution in [3.8, 4) is 0 Å². The molecule has 0 saturated carbocycles. The van der Waals surface area contributed by atoms with Crippen LogP contribution in [0, 0.1) is 5.41 Å². The number of rotatable bonds is 0. The number of hydrogen-bond donors (Lipinski definition) is 2. The SMILES string of the molecule is CC1(C)CN(C(=N)N)c2ccc3ccccc3c21. The lowest BCUT2D eigenvalue weighted by molar-refractivity contribution is 0.575. The number of anilines is 1. The summed E-state index contributed by atoms with van der Waals surface area (Å²) in [6, 6.07) is 12.6. The van der Waals surface area contributed by atoms with Gasteiger partial charge in [-0.3, -0.25) is 5.41 Å².